The molecule has 19 heavy (non-hydrogen) atoms. The van der Waals surface area contributed by atoms with E-state index in [0.717, 1.165) is 12.8 Å². The average Bonchev–Trinajstić information content (AvgIpc) is 2.80. The first-order valence-electron chi connectivity index (χ1n) is 6.02. The first-order valence-corrected chi connectivity index (χ1v) is 6.02. The molecular formula is C11H17N5O3. The number of aromatic nitrogens is 2. The number of oxime groups is 1. The van der Waals surface area contributed by atoms with Crippen LogP contribution >= 0.6 is 0 Å². The maximum absolute atomic E-state index is 12.1. The fraction of sp³-hybridized carbons (Fsp3) is 0.545. The van der Waals surface area contributed by atoms with Crippen LogP contribution in [0, 0.1) is 5.92 Å². The molecule has 0 aromatic carbocycles. The molecule has 8 heteroatoms. The van der Waals surface area contributed by atoms with Crippen molar-refractivity contribution in [3.8, 4) is 0 Å². The van der Waals surface area contributed by atoms with Crippen LogP contribution in [-0.4, -0.2) is 39.9 Å². The fourth-order valence-electron chi connectivity index (χ4n) is 1.99. The summed E-state index contributed by atoms with van der Waals surface area (Å²) in [5.41, 5.74) is 5.92. The number of ether oxygens (including phenoxy) is 1. The Labute approximate surface area is 110 Å². The largest absolute Gasteiger partial charge is 0.409 e. The zero-order valence-corrected chi connectivity index (χ0v) is 10.7. The van der Waals surface area contributed by atoms with E-state index in [2.05, 4.69) is 15.6 Å². The van der Waals surface area contributed by atoms with Gasteiger partial charge >= 0.3 is 0 Å². The molecule has 1 aromatic heterocycles. The first-order chi connectivity index (χ1) is 9.13. The fourth-order valence-corrected chi connectivity index (χ4v) is 1.99. The molecule has 0 radical (unpaired) electrons. The number of rotatable bonds is 3. The SMILES string of the molecule is Cn1ncc(C(N)=NO)c1NC(=O)C1CCCOC1. The highest BCUT2D eigenvalue weighted by atomic mass is 16.5. The van der Waals surface area contributed by atoms with Crippen LogP contribution in [0.1, 0.15) is 18.4 Å². The van der Waals surface area contributed by atoms with Crippen molar-refractivity contribution in [1.29, 1.82) is 0 Å². The summed E-state index contributed by atoms with van der Waals surface area (Å²) in [4.78, 5) is 12.1. The Bertz CT molecular complexity index is 491. The number of aryl methyl sites for hydroxylation is 1. The van der Waals surface area contributed by atoms with Gasteiger partial charge in [0.1, 0.15) is 5.82 Å². The van der Waals surface area contributed by atoms with Gasteiger partial charge in [-0.3, -0.25) is 9.48 Å². The number of nitrogens with zero attached hydrogens (tertiary/aromatic N) is 3. The number of hydrogen-bond donors (Lipinski definition) is 3. The number of carbonyl (C=O) groups is 1. The zero-order valence-electron chi connectivity index (χ0n) is 10.7. The maximum atomic E-state index is 12.1. The van der Waals surface area contributed by atoms with E-state index in [0.29, 0.717) is 24.6 Å². The predicted octanol–water partition coefficient (Wildman–Crippen LogP) is -0.120. The Morgan fingerprint density at radius 3 is 3.16 bits per heavy atom. The van der Waals surface area contributed by atoms with Crippen molar-refractivity contribution in [2.45, 2.75) is 12.8 Å². The lowest BCUT2D eigenvalue weighted by atomic mass is 10.0. The van der Waals surface area contributed by atoms with Gasteiger partial charge in [0.05, 0.1) is 24.3 Å². The summed E-state index contributed by atoms with van der Waals surface area (Å²) < 4.78 is 6.75. The summed E-state index contributed by atoms with van der Waals surface area (Å²) in [6.45, 7) is 1.12. The second-order valence-electron chi connectivity index (χ2n) is 4.42. The Balaban J connectivity index is 2.14. The number of hydrogen-bond acceptors (Lipinski definition) is 5. The van der Waals surface area contributed by atoms with Crippen LogP contribution in [0.2, 0.25) is 0 Å². The van der Waals surface area contributed by atoms with E-state index in [1.54, 1.807) is 7.05 Å². The number of carbonyl (C=O) groups excluding carboxylic acids is 1. The second kappa shape index (κ2) is 5.70. The molecule has 4 N–H and O–H groups in total. The summed E-state index contributed by atoms with van der Waals surface area (Å²) in [5.74, 6) is -0.00625. The Morgan fingerprint density at radius 2 is 2.53 bits per heavy atom. The molecule has 2 heterocycles. The lowest BCUT2D eigenvalue weighted by molar-refractivity contribution is -0.123. The zero-order chi connectivity index (χ0) is 13.8. The molecule has 0 spiro atoms. The molecule has 1 fully saturated rings. The Kier molecular flexibility index (Phi) is 4.00. The number of anilines is 1. The smallest absolute Gasteiger partial charge is 0.230 e. The van der Waals surface area contributed by atoms with E-state index in [4.69, 9.17) is 15.7 Å². The highest BCUT2D eigenvalue weighted by Crippen LogP contribution is 2.18. The standard InChI is InChI=1S/C11H17N5O3/c1-16-10(8(5-13-16)9(12)15-18)14-11(17)7-3-2-4-19-6-7/h5,7,18H,2-4,6H2,1H3,(H2,12,15)(H,14,17). The highest BCUT2D eigenvalue weighted by molar-refractivity contribution is 6.04. The normalized spacial score (nSPS) is 20.3. The molecular weight excluding hydrogens is 250 g/mol. The van der Waals surface area contributed by atoms with E-state index >= 15 is 0 Å². The molecule has 1 atom stereocenters. The molecule has 104 valence electrons. The van der Waals surface area contributed by atoms with E-state index < -0.39 is 0 Å². The number of amidine groups is 1. The summed E-state index contributed by atoms with van der Waals surface area (Å²) in [6, 6.07) is 0. The van der Waals surface area contributed by atoms with Crippen molar-refractivity contribution in [1.82, 2.24) is 9.78 Å². The molecule has 1 saturated heterocycles. The number of nitrogens with one attached hydrogen (secondary N) is 1. The van der Waals surface area contributed by atoms with Crippen molar-refractivity contribution in [3.05, 3.63) is 11.8 Å². The van der Waals surface area contributed by atoms with Crippen LogP contribution in [0.3, 0.4) is 0 Å². The van der Waals surface area contributed by atoms with Gasteiger partial charge < -0.3 is 21.0 Å². The predicted molar refractivity (Wildman–Crippen MR) is 67.9 cm³/mol. The molecule has 0 bridgehead atoms. The highest BCUT2D eigenvalue weighted by Gasteiger charge is 2.24. The van der Waals surface area contributed by atoms with E-state index in [1.807, 2.05) is 0 Å². The third-order valence-electron chi connectivity index (χ3n) is 3.10. The van der Waals surface area contributed by atoms with Crippen molar-refractivity contribution < 1.29 is 14.7 Å². The molecule has 1 unspecified atom stereocenters. The second-order valence-corrected chi connectivity index (χ2v) is 4.42. The van der Waals surface area contributed by atoms with Gasteiger partial charge in [-0.05, 0) is 12.8 Å². The average molecular weight is 267 g/mol. The van der Waals surface area contributed by atoms with Gasteiger partial charge in [0.2, 0.25) is 5.91 Å². The third kappa shape index (κ3) is 2.84. The van der Waals surface area contributed by atoms with Gasteiger partial charge in [-0.1, -0.05) is 5.16 Å². The van der Waals surface area contributed by atoms with Gasteiger partial charge in [0, 0.05) is 13.7 Å². The van der Waals surface area contributed by atoms with Crippen LogP contribution in [0.15, 0.2) is 11.4 Å². The van der Waals surface area contributed by atoms with Crippen LogP contribution in [0.4, 0.5) is 5.82 Å². The molecule has 0 saturated carbocycles. The maximum Gasteiger partial charge on any atom is 0.230 e. The lowest BCUT2D eigenvalue weighted by Gasteiger charge is -2.21. The summed E-state index contributed by atoms with van der Waals surface area (Å²) in [5, 5.41) is 18.4. The minimum atomic E-state index is -0.177. The van der Waals surface area contributed by atoms with Gasteiger partial charge in [0.15, 0.2) is 5.84 Å². The minimum absolute atomic E-state index is 0.0942. The summed E-state index contributed by atoms with van der Waals surface area (Å²) in [6.07, 6.45) is 3.10. The lowest BCUT2D eigenvalue weighted by Crippen LogP contribution is -2.31. The van der Waals surface area contributed by atoms with Crippen molar-refractivity contribution in [2.24, 2.45) is 23.9 Å². The monoisotopic (exact) mass is 267 g/mol. The van der Waals surface area contributed by atoms with E-state index in [9.17, 15) is 4.79 Å². The van der Waals surface area contributed by atoms with Crippen LogP contribution in [0.5, 0.6) is 0 Å². The van der Waals surface area contributed by atoms with Gasteiger partial charge in [-0.2, -0.15) is 5.10 Å². The van der Waals surface area contributed by atoms with Crippen LogP contribution in [0.25, 0.3) is 0 Å². The first kappa shape index (κ1) is 13.3. The quantitative estimate of drug-likeness (QED) is 0.306. The van der Waals surface area contributed by atoms with Gasteiger partial charge in [-0.15, -0.1) is 0 Å². The van der Waals surface area contributed by atoms with Crippen LogP contribution < -0.4 is 11.1 Å². The molecule has 1 aliphatic rings. The summed E-state index contributed by atoms with van der Waals surface area (Å²) in [7, 11) is 1.67. The molecule has 1 amide bonds. The summed E-state index contributed by atoms with van der Waals surface area (Å²) >= 11 is 0. The van der Waals surface area contributed by atoms with Crippen molar-refractivity contribution >= 4 is 17.6 Å². The number of nitrogens with two attached hydrogens (primary N) is 1. The molecule has 2 rings (SSSR count). The number of amides is 1. The van der Waals surface area contributed by atoms with Crippen LogP contribution in [-0.2, 0) is 16.6 Å². The van der Waals surface area contributed by atoms with Crippen molar-refractivity contribution in [3.63, 3.8) is 0 Å². The molecule has 1 aliphatic heterocycles. The molecule has 1 aromatic rings. The van der Waals surface area contributed by atoms with E-state index in [-0.39, 0.29) is 17.7 Å². The van der Waals surface area contributed by atoms with Gasteiger partial charge in [-0.25, -0.2) is 0 Å². The Morgan fingerprint density at radius 1 is 1.74 bits per heavy atom. The van der Waals surface area contributed by atoms with Crippen molar-refractivity contribution in [2.75, 3.05) is 18.5 Å². The van der Waals surface area contributed by atoms with E-state index in [1.165, 1.54) is 10.9 Å². The Hall–Kier alpha value is -2.09. The molecule has 0 aliphatic carbocycles. The molecule has 8 nitrogen and oxygen atoms in total. The van der Waals surface area contributed by atoms with Gasteiger partial charge in [0.25, 0.3) is 0 Å². The minimum Gasteiger partial charge on any atom is -0.409 e. The third-order valence-corrected chi connectivity index (χ3v) is 3.10. The topological polar surface area (TPSA) is 115 Å².